The molecular weight excluding hydrogens is 464 g/mol. The van der Waals surface area contributed by atoms with Crippen LogP contribution in [-0.4, -0.2) is 84.0 Å². The fourth-order valence-corrected chi connectivity index (χ4v) is 3.31. The molecule has 0 aromatic carbocycles. The topological polar surface area (TPSA) is 241 Å². The Morgan fingerprint density at radius 2 is 1.50 bits per heavy atom. The number of thioether (sulfide) groups is 1. The van der Waals surface area contributed by atoms with E-state index >= 15 is 0 Å². The number of guanidine groups is 1. The molecule has 0 saturated heterocycles. The number of nitrogens with one attached hydrogen (secondary N) is 3. The van der Waals surface area contributed by atoms with Gasteiger partial charge < -0.3 is 44.0 Å². The molecule has 0 aromatic rings. The minimum Gasteiger partial charge on any atom is -0.480 e. The highest BCUT2D eigenvalue weighted by Crippen LogP contribution is 2.06. The lowest BCUT2D eigenvalue weighted by Crippen LogP contribution is -2.57. The third kappa shape index (κ3) is 13.9. The summed E-state index contributed by atoms with van der Waals surface area (Å²) in [4.78, 5) is 53.0. The maximum atomic E-state index is 13.0. The summed E-state index contributed by atoms with van der Waals surface area (Å²) in [6, 6.07) is -3.86. The van der Waals surface area contributed by atoms with E-state index in [-0.39, 0.29) is 5.96 Å². The van der Waals surface area contributed by atoms with Crippen LogP contribution in [0.25, 0.3) is 0 Å². The first-order valence-electron chi connectivity index (χ1n) is 11.2. The molecule has 0 fully saturated rings. The van der Waals surface area contributed by atoms with Gasteiger partial charge >= 0.3 is 5.97 Å². The van der Waals surface area contributed by atoms with Crippen LogP contribution in [0.3, 0.4) is 0 Å². The maximum Gasteiger partial charge on any atom is 0.325 e. The van der Waals surface area contributed by atoms with Gasteiger partial charge in [-0.25, -0.2) is 0 Å². The molecule has 34 heavy (non-hydrogen) atoms. The summed E-state index contributed by atoms with van der Waals surface area (Å²) >= 11 is 1.48. The van der Waals surface area contributed by atoms with Crippen molar-refractivity contribution < 1.29 is 24.3 Å². The number of aliphatic carboxylic acids is 1. The van der Waals surface area contributed by atoms with Crippen LogP contribution in [0.15, 0.2) is 4.99 Å². The highest BCUT2D eigenvalue weighted by Gasteiger charge is 2.29. The number of rotatable bonds is 18. The number of hydrogen-bond acceptors (Lipinski definition) is 8. The zero-order valence-electron chi connectivity index (χ0n) is 19.9. The molecule has 4 unspecified atom stereocenters. The van der Waals surface area contributed by atoms with E-state index in [0.29, 0.717) is 57.4 Å². The molecule has 0 aliphatic rings. The van der Waals surface area contributed by atoms with Crippen molar-refractivity contribution in [3.8, 4) is 0 Å². The molecule has 13 nitrogen and oxygen atoms in total. The lowest BCUT2D eigenvalue weighted by molar-refractivity contribution is -0.141. The molecule has 0 heterocycles. The van der Waals surface area contributed by atoms with Crippen molar-refractivity contribution in [2.24, 2.45) is 27.9 Å². The molecule has 3 amide bonds. The average molecular weight is 505 g/mol. The molecule has 0 aliphatic carbocycles. The number of nitrogens with zero attached hydrogens (tertiary/aromatic N) is 1. The van der Waals surface area contributed by atoms with Crippen molar-refractivity contribution in [2.45, 2.75) is 69.6 Å². The zero-order valence-corrected chi connectivity index (χ0v) is 20.7. The van der Waals surface area contributed by atoms with Crippen molar-refractivity contribution >= 4 is 41.4 Å². The SMILES string of the molecule is CSCCC(NC(=O)C(CCCCN)NC(=O)C(N)CCCN=C(N)N)C(=O)NC(C)C(=O)O. The van der Waals surface area contributed by atoms with Crippen LogP contribution in [0.1, 0.15) is 45.4 Å². The molecule has 12 N–H and O–H groups in total. The van der Waals surface area contributed by atoms with Gasteiger partial charge in [-0.1, -0.05) is 0 Å². The Hall–Kier alpha value is -2.58. The van der Waals surface area contributed by atoms with Gasteiger partial charge in [-0.3, -0.25) is 24.2 Å². The van der Waals surface area contributed by atoms with E-state index in [1.54, 1.807) is 0 Å². The highest BCUT2D eigenvalue weighted by atomic mass is 32.2. The Morgan fingerprint density at radius 1 is 0.912 bits per heavy atom. The van der Waals surface area contributed by atoms with E-state index in [2.05, 4.69) is 20.9 Å². The van der Waals surface area contributed by atoms with E-state index < -0.39 is 47.9 Å². The third-order valence-corrected chi connectivity index (χ3v) is 5.50. The minimum atomic E-state index is -1.19. The van der Waals surface area contributed by atoms with Gasteiger partial charge in [0.15, 0.2) is 5.96 Å². The van der Waals surface area contributed by atoms with Crippen molar-refractivity contribution in [1.82, 2.24) is 16.0 Å². The van der Waals surface area contributed by atoms with Crippen LogP contribution < -0.4 is 38.9 Å². The number of hydrogen-bond donors (Lipinski definition) is 8. The van der Waals surface area contributed by atoms with Crippen LogP contribution >= 0.6 is 11.8 Å². The summed E-state index contributed by atoms with van der Waals surface area (Å²) in [5.74, 6) is -2.35. The van der Waals surface area contributed by atoms with Gasteiger partial charge in [-0.2, -0.15) is 11.8 Å². The molecule has 4 atom stereocenters. The lowest BCUT2D eigenvalue weighted by atomic mass is 10.1. The van der Waals surface area contributed by atoms with Gasteiger partial charge in [0.05, 0.1) is 6.04 Å². The first kappa shape index (κ1) is 31.4. The van der Waals surface area contributed by atoms with Gasteiger partial charge in [0, 0.05) is 6.54 Å². The fourth-order valence-electron chi connectivity index (χ4n) is 2.84. The Morgan fingerprint density at radius 3 is 2.06 bits per heavy atom. The van der Waals surface area contributed by atoms with Crippen LogP contribution in [0.5, 0.6) is 0 Å². The number of unbranched alkanes of at least 4 members (excludes halogenated alkanes) is 1. The number of amides is 3. The summed E-state index contributed by atoms with van der Waals surface area (Å²) in [5, 5.41) is 16.7. The molecule has 14 heteroatoms. The number of aliphatic imine (C=N–C) groups is 1. The monoisotopic (exact) mass is 504 g/mol. The normalized spacial score (nSPS) is 14.2. The number of carboxylic acids is 1. The largest absolute Gasteiger partial charge is 0.480 e. The second-order valence-corrected chi connectivity index (χ2v) is 8.80. The lowest BCUT2D eigenvalue weighted by Gasteiger charge is -2.24. The molecule has 0 aromatic heterocycles. The van der Waals surface area contributed by atoms with Crippen LogP contribution in [0.2, 0.25) is 0 Å². The molecule has 196 valence electrons. The van der Waals surface area contributed by atoms with Crippen LogP contribution in [0.4, 0.5) is 0 Å². The molecule has 0 rings (SSSR count). The molecule has 0 spiro atoms. The van der Waals surface area contributed by atoms with E-state index in [4.69, 9.17) is 28.0 Å². The maximum absolute atomic E-state index is 13.0. The molecular formula is C20H40N8O5S. The summed E-state index contributed by atoms with van der Waals surface area (Å²) in [7, 11) is 0. The summed E-state index contributed by atoms with van der Waals surface area (Å²) in [6.07, 6.45) is 4.46. The number of nitrogens with two attached hydrogens (primary N) is 4. The van der Waals surface area contributed by atoms with Gasteiger partial charge in [-0.15, -0.1) is 0 Å². The minimum absolute atomic E-state index is 0.0486. The van der Waals surface area contributed by atoms with E-state index in [0.717, 1.165) is 0 Å². The summed E-state index contributed by atoms with van der Waals surface area (Å²) in [5.41, 5.74) is 22.0. The molecule has 0 bridgehead atoms. The zero-order chi connectivity index (χ0) is 26.1. The van der Waals surface area contributed by atoms with Gasteiger partial charge in [-0.05, 0) is 64.0 Å². The predicted molar refractivity (Wildman–Crippen MR) is 133 cm³/mol. The first-order chi connectivity index (χ1) is 16.0. The molecule has 0 aliphatic heterocycles. The summed E-state index contributed by atoms with van der Waals surface area (Å²) in [6.45, 7) is 2.08. The van der Waals surface area contributed by atoms with Crippen LogP contribution in [-0.2, 0) is 19.2 Å². The summed E-state index contributed by atoms with van der Waals surface area (Å²) < 4.78 is 0. The quantitative estimate of drug-likeness (QED) is 0.0569. The van der Waals surface area contributed by atoms with Gasteiger partial charge in [0.1, 0.15) is 18.1 Å². The Labute approximate surface area is 204 Å². The van der Waals surface area contributed by atoms with Crippen molar-refractivity contribution in [3.05, 3.63) is 0 Å². The van der Waals surface area contributed by atoms with Gasteiger partial charge in [0.2, 0.25) is 17.7 Å². The molecule has 0 radical (unpaired) electrons. The van der Waals surface area contributed by atoms with E-state index in [1.165, 1.54) is 18.7 Å². The second kappa shape index (κ2) is 17.8. The first-order valence-corrected chi connectivity index (χ1v) is 12.6. The van der Waals surface area contributed by atoms with Gasteiger partial charge in [0.25, 0.3) is 0 Å². The Balaban J connectivity index is 5.22. The highest BCUT2D eigenvalue weighted by molar-refractivity contribution is 7.98. The average Bonchev–Trinajstić information content (AvgIpc) is 2.77. The molecule has 0 saturated carbocycles. The Kier molecular flexibility index (Phi) is 16.5. The standard InChI is InChI=1S/C20H40N8O5S/c1-12(19(32)33)26-17(30)15(8-11-34-2)28-18(31)14(7-3-4-9-21)27-16(29)13(22)6-5-10-25-20(23)24/h12-15H,3-11,21-22H2,1-2H3,(H,26,30)(H,27,29)(H,28,31)(H,32,33)(H4,23,24,25). The number of carboxylic acid groups (broad SMARTS) is 1. The fraction of sp³-hybridized carbons (Fsp3) is 0.750. The number of carbonyl (C=O) groups excluding carboxylic acids is 3. The van der Waals surface area contributed by atoms with Crippen molar-refractivity contribution in [3.63, 3.8) is 0 Å². The predicted octanol–water partition coefficient (Wildman–Crippen LogP) is -2.19. The smallest absolute Gasteiger partial charge is 0.325 e. The van der Waals surface area contributed by atoms with Crippen molar-refractivity contribution in [2.75, 3.05) is 25.1 Å². The number of carbonyl (C=O) groups is 4. The van der Waals surface area contributed by atoms with E-state index in [9.17, 15) is 19.2 Å². The van der Waals surface area contributed by atoms with Crippen molar-refractivity contribution in [1.29, 1.82) is 0 Å². The van der Waals surface area contributed by atoms with Crippen LogP contribution in [0, 0.1) is 0 Å². The van der Waals surface area contributed by atoms with E-state index in [1.807, 2.05) is 6.26 Å². The Bertz CT molecular complexity index is 690. The third-order valence-electron chi connectivity index (χ3n) is 4.86. The second-order valence-electron chi connectivity index (χ2n) is 7.81.